The Labute approximate surface area is 103 Å². The monoisotopic (exact) mass is 279 g/mol. The summed E-state index contributed by atoms with van der Waals surface area (Å²) in [6.07, 6.45) is 0.955. The highest BCUT2D eigenvalue weighted by Crippen LogP contribution is 2.29. The molecule has 0 aliphatic heterocycles. The molecule has 2 aromatic rings. The Bertz CT molecular complexity index is 488. The number of nitrogen functional groups attached to an aromatic ring is 1. The van der Waals surface area contributed by atoms with E-state index in [0.29, 0.717) is 0 Å². The van der Waals surface area contributed by atoms with Crippen molar-refractivity contribution in [3.8, 4) is 0 Å². The van der Waals surface area contributed by atoms with Gasteiger partial charge in [-0.15, -0.1) is 0 Å². The van der Waals surface area contributed by atoms with Gasteiger partial charge in [0.1, 0.15) is 0 Å². The number of fused-ring (bicyclic) bond motifs is 1. The summed E-state index contributed by atoms with van der Waals surface area (Å²) < 4.78 is 1.05. The summed E-state index contributed by atoms with van der Waals surface area (Å²) in [5, 5.41) is 1.05. The summed E-state index contributed by atoms with van der Waals surface area (Å²) in [6.45, 7) is 4.10. The molecule has 84 valence electrons. The van der Waals surface area contributed by atoms with Crippen molar-refractivity contribution in [2.45, 2.75) is 20.3 Å². The zero-order valence-electron chi connectivity index (χ0n) is 9.34. The van der Waals surface area contributed by atoms with Crippen molar-refractivity contribution in [2.75, 3.05) is 5.43 Å². The molecule has 0 aliphatic rings. The minimum atomic E-state index is 0.915. The number of aryl methyl sites for hydroxylation is 2. The molecule has 0 saturated heterocycles. The second kappa shape index (κ2) is 4.39. The highest BCUT2D eigenvalue weighted by Gasteiger charge is 2.08. The molecule has 0 saturated carbocycles. The number of nitrogens with one attached hydrogen (secondary N) is 1. The predicted octanol–water partition coefficient (Wildman–Crippen LogP) is 3.15. The average Bonchev–Trinajstić information content (AvgIpc) is 2.27. The van der Waals surface area contributed by atoms with Crippen molar-refractivity contribution >= 4 is 32.5 Å². The van der Waals surface area contributed by atoms with Gasteiger partial charge < -0.3 is 5.43 Å². The molecule has 0 atom stereocenters. The van der Waals surface area contributed by atoms with Crippen LogP contribution in [0.15, 0.2) is 22.7 Å². The van der Waals surface area contributed by atoms with E-state index in [-0.39, 0.29) is 0 Å². The molecule has 16 heavy (non-hydrogen) atoms. The Morgan fingerprint density at radius 3 is 2.75 bits per heavy atom. The first-order valence-corrected chi connectivity index (χ1v) is 6.01. The summed E-state index contributed by atoms with van der Waals surface area (Å²) in [7, 11) is 0. The van der Waals surface area contributed by atoms with Crippen LogP contribution in [0.4, 0.5) is 5.69 Å². The highest BCUT2D eigenvalue weighted by molar-refractivity contribution is 9.10. The van der Waals surface area contributed by atoms with Gasteiger partial charge in [-0.05, 0) is 37.1 Å². The van der Waals surface area contributed by atoms with E-state index < -0.39 is 0 Å². The number of pyridine rings is 1. The van der Waals surface area contributed by atoms with Crippen LogP contribution in [0.1, 0.15) is 18.2 Å². The second-order valence-electron chi connectivity index (χ2n) is 3.77. The Hall–Kier alpha value is -1.13. The third-order valence-corrected chi connectivity index (χ3v) is 3.08. The minimum absolute atomic E-state index is 0.915. The maximum absolute atomic E-state index is 5.53. The number of benzene rings is 1. The number of hydrogen-bond acceptors (Lipinski definition) is 3. The van der Waals surface area contributed by atoms with Crippen molar-refractivity contribution in [3.05, 3.63) is 33.9 Å². The number of hydrazine groups is 1. The summed E-state index contributed by atoms with van der Waals surface area (Å²) in [6, 6.07) is 6.10. The molecule has 0 spiro atoms. The average molecular weight is 280 g/mol. The summed E-state index contributed by atoms with van der Waals surface area (Å²) >= 11 is 3.51. The molecule has 1 aromatic carbocycles. The lowest BCUT2D eigenvalue weighted by Gasteiger charge is -2.10. The summed E-state index contributed by atoms with van der Waals surface area (Å²) in [5.74, 6) is 5.53. The molecule has 0 fully saturated rings. The fraction of sp³-hybridized carbons (Fsp3) is 0.250. The third kappa shape index (κ3) is 1.90. The summed E-state index contributed by atoms with van der Waals surface area (Å²) in [5.41, 5.74) is 6.87. The van der Waals surface area contributed by atoms with E-state index >= 15 is 0 Å². The molecular formula is C12H14BrN3. The quantitative estimate of drug-likeness (QED) is 0.656. The maximum atomic E-state index is 5.53. The van der Waals surface area contributed by atoms with Gasteiger partial charge in [0.2, 0.25) is 0 Å². The number of nitrogens with zero attached hydrogens (tertiary/aromatic N) is 1. The number of hydrogen-bond donors (Lipinski definition) is 2. The van der Waals surface area contributed by atoms with E-state index in [1.807, 2.05) is 19.1 Å². The third-order valence-electron chi connectivity index (χ3n) is 2.62. The molecular weight excluding hydrogens is 266 g/mol. The molecule has 0 aliphatic carbocycles. The fourth-order valence-electron chi connectivity index (χ4n) is 1.88. The van der Waals surface area contributed by atoms with Crippen LogP contribution in [0.5, 0.6) is 0 Å². The van der Waals surface area contributed by atoms with Crippen molar-refractivity contribution in [3.63, 3.8) is 0 Å². The maximum Gasteiger partial charge on any atom is 0.0759 e. The number of anilines is 1. The van der Waals surface area contributed by atoms with Crippen molar-refractivity contribution < 1.29 is 0 Å². The summed E-state index contributed by atoms with van der Waals surface area (Å²) in [4.78, 5) is 4.58. The van der Waals surface area contributed by atoms with E-state index in [0.717, 1.165) is 33.2 Å². The van der Waals surface area contributed by atoms with E-state index in [4.69, 9.17) is 5.84 Å². The van der Waals surface area contributed by atoms with Crippen LogP contribution in [0.3, 0.4) is 0 Å². The van der Waals surface area contributed by atoms with Crippen molar-refractivity contribution in [2.24, 2.45) is 5.84 Å². The van der Waals surface area contributed by atoms with Gasteiger partial charge in [-0.2, -0.15) is 0 Å². The predicted molar refractivity (Wildman–Crippen MR) is 71.4 cm³/mol. The number of nitrogens with two attached hydrogens (primary N) is 1. The Morgan fingerprint density at radius 2 is 2.12 bits per heavy atom. The minimum Gasteiger partial charge on any atom is -0.323 e. The molecule has 2 rings (SSSR count). The lowest BCUT2D eigenvalue weighted by molar-refractivity contribution is 1.13. The molecule has 0 radical (unpaired) electrons. The Kier molecular flexibility index (Phi) is 3.12. The lowest BCUT2D eigenvalue weighted by atomic mass is 10.1. The highest BCUT2D eigenvalue weighted by atomic mass is 79.9. The second-order valence-corrected chi connectivity index (χ2v) is 4.69. The van der Waals surface area contributed by atoms with Crippen LogP contribution in [-0.2, 0) is 6.42 Å². The number of halogens is 1. The van der Waals surface area contributed by atoms with Gasteiger partial charge in [-0.3, -0.25) is 10.8 Å². The molecule has 3 N–H and O–H groups in total. The van der Waals surface area contributed by atoms with Gasteiger partial charge in [0.25, 0.3) is 0 Å². The first-order valence-electron chi connectivity index (χ1n) is 5.22. The molecule has 1 aromatic heterocycles. The van der Waals surface area contributed by atoms with Crippen LogP contribution >= 0.6 is 15.9 Å². The topological polar surface area (TPSA) is 50.9 Å². The van der Waals surface area contributed by atoms with Crippen LogP contribution in [0, 0.1) is 6.92 Å². The molecule has 0 unspecified atom stereocenters. The number of aromatic nitrogens is 1. The molecule has 4 heteroatoms. The van der Waals surface area contributed by atoms with Crippen LogP contribution in [-0.4, -0.2) is 4.98 Å². The van der Waals surface area contributed by atoms with Crippen LogP contribution in [0.2, 0.25) is 0 Å². The number of rotatable bonds is 2. The normalized spacial score (nSPS) is 10.8. The van der Waals surface area contributed by atoms with Gasteiger partial charge in [-0.1, -0.05) is 22.9 Å². The van der Waals surface area contributed by atoms with E-state index in [1.165, 1.54) is 5.56 Å². The van der Waals surface area contributed by atoms with E-state index in [1.54, 1.807) is 0 Å². The molecule has 0 bridgehead atoms. The standard InChI is InChI=1S/C12H14BrN3/c1-3-8-5-9(13)6-10-11(16-14)4-7(2)15-12(8)10/h4-6H,3,14H2,1-2H3,(H,15,16). The zero-order chi connectivity index (χ0) is 11.7. The van der Waals surface area contributed by atoms with Gasteiger partial charge in [0, 0.05) is 15.6 Å². The molecule has 0 amide bonds. The van der Waals surface area contributed by atoms with E-state index in [9.17, 15) is 0 Å². The fourth-order valence-corrected chi connectivity index (χ4v) is 2.38. The van der Waals surface area contributed by atoms with Gasteiger partial charge in [0.15, 0.2) is 0 Å². The molecule has 1 heterocycles. The van der Waals surface area contributed by atoms with Gasteiger partial charge in [-0.25, -0.2) is 0 Å². The largest absolute Gasteiger partial charge is 0.323 e. The zero-order valence-corrected chi connectivity index (χ0v) is 10.9. The van der Waals surface area contributed by atoms with Gasteiger partial charge in [0.05, 0.1) is 11.2 Å². The smallest absolute Gasteiger partial charge is 0.0759 e. The van der Waals surface area contributed by atoms with Crippen molar-refractivity contribution in [1.29, 1.82) is 0 Å². The first-order chi connectivity index (χ1) is 7.65. The van der Waals surface area contributed by atoms with Gasteiger partial charge >= 0.3 is 0 Å². The van der Waals surface area contributed by atoms with Crippen LogP contribution in [0.25, 0.3) is 10.9 Å². The molecule has 3 nitrogen and oxygen atoms in total. The van der Waals surface area contributed by atoms with E-state index in [2.05, 4.69) is 39.3 Å². The van der Waals surface area contributed by atoms with Crippen molar-refractivity contribution in [1.82, 2.24) is 4.98 Å². The first kappa shape index (κ1) is 11.4. The lowest BCUT2D eigenvalue weighted by Crippen LogP contribution is -2.08. The Morgan fingerprint density at radius 1 is 1.38 bits per heavy atom. The SMILES string of the molecule is CCc1cc(Br)cc2c(NN)cc(C)nc12. The Balaban J connectivity index is 2.87. The van der Waals surface area contributed by atoms with Crippen LogP contribution < -0.4 is 11.3 Å².